The molecule has 1 fully saturated rings. The largest absolute Gasteiger partial charge is 0.286 e. The zero-order valence-corrected chi connectivity index (χ0v) is 31.5. The van der Waals surface area contributed by atoms with Crippen LogP contribution in [0.15, 0.2) is 105 Å². The molecule has 0 spiro atoms. The van der Waals surface area contributed by atoms with Gasteiger partial charge in [0.1, 0.15) is 11.8 Å². The minimum atomic E-state index is 0.0539. The minimum Gasteiger partial charge on any atom is -0.286 e. The maximum absolute atomic E-state index is 9.79. The Morgan fingerprint density at radius 2 is 1.31 bits per heavy atom. The molecule has 0 radical (unpaired) electrons. The van der Waals surface area contributed by atoms with E-state index in [9.17, 15) is 10.5 Å². The van der Waals surface area contributed by atoms with Gasteiger partial charge in [-0.3, -0.25) is 4.99 Å². The zero-order chi connectivity index (χ0) is 33.5. The molecule has 3 unspecified atom stereocenters. The van der Waals surface area contributed by atoms with Crippen molar-refractivity contribution in [2.24, 2.45) is 15.3 Å². The lowest BCUT2D eigenvalue weighted by Crippen LogP contribution is -2.19. The minimum absolute atomic E-state index is 0.0539. The number of allylic oxidation sites excluding steroid dienone is 5. The smallest absolute Gasteiger partial charge is 0.105 e. The van der Waals surface area contributed by atoms with Gasteiger partial charge in [-0.1, -0.05) is 24.3 Å². The molecule has 238 valence electrons. The van der Waals surface area contributed by atoms with E-state index in [-0.39, 0.29) is 11.8 Å². The van der Waals surface area contributed by atoms with E-state index in [2.05, 4.69) is 108 Å². The average molecular weight is 761 g/mol. The van der Waals surface area contributed by atoms with Crippen molar-refractivity contribution in [1.82, 2.24) is 0 Å². The topological polar surface area (TPSA) is 72.3 Å². The summed E-state index contributed by atoms with van der Waals surface area (Å²) in [5.74, 6) is 0.645. The number of nitrogens with zero attached hydrogens (tertiary/aromatic N) is 4. The van der Waals surface area contributed by atoms with E-state index in [1.807, 2.05) is 30.6 Å². The average Bonchev–Trinajstić information content (AvgIpc) is 3.93. The number of thiol groups is 1. The first-order valence-corrected chi connectivity index (χ1v) is 20.6. The molecule has 3 atom stereocenters. The van der Waals surface area contributed by atoms with Crippen molar-refractivity contribution in [2.75, 3.05) is 7.05 Å². The van der Waals surface area contributed by atoms with E-state index >= 15 is 0 Å². The molecule has 49 heavy (non-hydrogen) atoms. The summed E-state index contributed by atoms with van der Waals surface area (Å²) in [5, 5.41) is 23.6. The Morgan fingerprint density at radius 3 is 1.94 bits per heavy atom. The predicted octanol–water partition coefficient (Wildman–Crippen LogP) is 12.3. The van der Waals surface area contributed by atoms with Crippen LogP contribution in [0, 0.1) is 28.6 Å². The normalized spacial score (nSPS) is 20.7. The number of nitriles is 2. The molecule has 6 aromatic heterocycles. The molecule has 2 aliphatic rings. The Kier molecular flexibility index (Phi) is 9.08. The van der Waals surface area contributed by atoms with Crippen molar-refractivity contribution in [3.05, 3.63) is 125 Å². The van der Waals surface area contributed by atoms with E-state index in [1.54, 1.807) is 68.0 Å². The van der Waals surface area contributed by atoms with Gasteiger partial charge in [0, 0.05) is 78.8 Å². The highest BCUT2D eigenvalue weighted by molar-refractivity contribution is 7.79. The highest BCUT2D eigenvalue weighted by atomic mass is 32.1. The summed E-state index contributed by atoms with van der Waals surface area (Å²) < 4.78 is 4.45. The predicted molar refractivity (Wildman–Crippen MR) is 218 cm³/mol. The number of rotatable bonds is 8. The summed E-state index contributed by atoms with van der Waals surface area (Å²) in [6.45, 7) is 0. The Bertz CT molecular complexity index is 2410. The van der Waals surface area contributed by atoms with Crippen LogP contribution in [0.5, 0.6) is 0 Å². The fourth-order valence-corrected chi connectivity index (χ4v) is 12.4. The van der Waals surface area contributed by atoms with Gasteiger partial charge >= 0.3 is 0 Å². The van der Waals surface area contributed by atoms with E-state index in [0.717, 1.165) is 51.8 Å². The van der Waals surface area contributed by atoms with Crippen molar-refractivity contribution < 1.29 is 0 Å². The second-order valence-electron chi connectivity index (χ2n) is 11.3. The van der Waals surface area contributed by atoms with E-state index in [4.69, 9.17) is 4.99 Å². The first kappa shape index (κ1) is 32.3. The third-order valence-corrected chi connectivity index (χ3v) is 15.4. The maximum Gasteiger partial charge on any atom is 0.105 e. The summed E-state index contributed by atoms with van der Waals surface area (Å²) >= 11 is 14.7. The van der Waals surface area contributed by atoms with Crippen molar-refractivity contribution in [3.8, 4) is 31.6 Å². The van der Waals surface area contributed by atoms with E-state index < -0.39 is 0 Å². The van der Waals surface area contributed by atoms with Gasteiger partial charge in [0.15, 0.2) is 0 Å². The molecular formula is C38H24N4S7. The zero-order valence-electron chi connectivity index (χ0n) is 25.7. The van der Waals surface area contributed by atoms with Crippen molar-refractivity contribution in [2.45, 2.75) is 11.8 Å². The molecular weight excluding hydrogens is 737 g/mol. The van der Waals surface area contributed by atoms with Gasteiger partial charge in [0.05, 0.1) is 23.3 Å². The summed E-state index contributed by atoms with van der Waals surface area (Å²) in [5.41, 5.74) is 4.28. The molecule has 6 aromatic rings. The summed E-state index contributed by atoms with van der Waals surface area (Å²) in [6, 6.07) is 30.3. The summed E-state index contributed by atoms with van der Waals surface area (Å²) in [6.07, 6.45) is 6.23. The van der Waals surface area contributed by atoms with Gasteiger partial charge in [0.2, 0.25) is 0 Å². The SMILES string of the molecule is CN=C1C(c2ccc(-c3ccc(C4C(C#N)C4c4cccs4)s3)s2)=CC=C(c2ccc(-c3ccc(/C=C(\C#N)c4cccs4)s3)s2)C1=NS. The molecule has 8 rings (SSSR count). The van der Waals surface area contributed by atoms with Crippen molar-refractivity contribution in [1.29, 1.82) is 10.5 Å². The first-order chi connectivity index (χ1) is 24.1. The van der Waals surface area contributed by atoms with Crippen molar-refractivity contribution in [3.63, 3.8) is 0 Å². The number of thiophene rings is 6. The molecule has 1 saturated carbocycles. The summed E-state index contributed by atoms with van der Waals surface area (Å²) in [4.78, 5) is 16.3. The molecule has 0 N–H and O–H groups in total. The second kappa shape index (κ2) is 13.8. The first-order valence-electron chi connectivity index (χ1n) is 15.2. The quantitative estimate of drug-likeness (QED) is 0.0953. The molecule has 0 saturated heterocycles. The van der Waals surface area contributed by atoms with Crippen LogP contribution in [-0.4, -0.2) is 18.5 Å². The van der Waals surface area contributed by atoms with Crippen LogP contribution < -0.4 is 0 Å². The van der Waals surface area contributed by atoms with Crippen LogP contribution >= 0.6 is 80.8 Å². The van der Waals surface area contributed by atoms with Crippen LogP contribution in [0.4, 0.5) is 0 Å². The number of hydrogen-bond donors (Lipinski definition) is 1. The highest BCUT2D eigenvalue weighted by Gasteiger charge is 2.53. The van der Waals surface area contributed by atoms with Crippen LogP contribution in [0.25, 0.3) is 42.3 Å². The molecule has 0 aromatic carbocycles. The Labute approximate surface area is 313 Å². The Balaban J connectivity index is 1.04. The third-order valence-electron chi connectivity index (χ3n) is 8.52. The van der Waals surface area contributed by atoms with Crippen molar-refractivity contribution >= 4 is 115 Å². The lowest BCUT2D eigenvalue weighted by atomic mass is 9.92. The molecule has 6 heterocycles. The number of hydrogen-bond acceptors (Lipinski definition) is 11. The van der Waals surface area contributed by atoms with Gasteiger partial charge in [-0.25, -0.2) is 4.40 Å². The second-order valence-corrected chi connectivity index (χ2v) is 17.8. The Hall–Kier alpha value is -3.91. The fourth-order valence-electron chi connectivity index (χ4n) is 6.16. The van der Waals surface area contributed by atoms with Gasteiger partial charge in [-0.05, 0) is 90.3 Å². The standard InChI is InChI=1S/C38H24N4S7/c1-41-37-23(27-10-13-31(47-27)32-14-15-34(49-32)36-25(20-40)35(36)33-5-3-17-45-33)7-8-24(38(37)42-43)28-11-12-30(48-28)29-9-6-22(46-29)18-21(19-39)26-4-2-16-44-26/h2-18,25,35-36,43H,1H3/b21-18+,41-37?,42-38?. The van der Waals surface area contributed by atoms with Crippen LogP contribution in [-0.2, 0) is 0 Å². The summed E-state index contributed by atoms with van der Waals surface area (Å²) in [7, 11) is 1.81. The lowest BCUT2D eigenvalue weighted by molar-refractivity contribution is 1.04. The number of aliphatic imine (C=N–C) groups is 1. The van der Waals surface area contributed by atoms with Crippen LogP contribution in [0.1, 0.15) is 41.1 Å². The lowest BCUT2D eigenvalue weighted by Gasteiger charge is -2.17. The molecule has 2 aliphatic carbocycles. The van der Waals surface area contributed by atoms with Gasteiger partial charge in [-0.15, -0.1) is 68.0 Å². The van der Waals surface area contributed by atoms with Crippen LogP contribution in [0.3, 0.4) is 0 Å². The molecule has 11 heteroatoms. The Morgan fingerprint density at radius 1 is 0.694 bits per heavy atom. The molecule has 0 amide bonds. The third kappa shape index (κ3) is 6.11. The van der Waals surface area contributed by atoms with Crippen LogP contribution in [0.2, 0.25) is 0 Å². The monoisotopic (exact) mass is 760 g/mol. The molecule has 0 aliphatic heterocycles. The van der Waals surface area contributed by atoms with E-state index in [1.165, 1.54) is 19.5 Å². The maximum atomic E-state index is 9.79. The molecule has 4 nitrogen and oxygen atoms in total. The molecule has 0 bridgehead atoms. The van der Waals surface area contributed by atoms with Gasteiger partial charge in [0.25, 0.3) is 0 Å². The van der Waals surface area contributed by atoms with Gasteiger partial charge < -0.3 is 0 Å². The highest BCUT2D eigenvalue weighted by Crippen LogP contribution is 2.62. The fraction of sp³-hybridized carbons (Fsp3) is 0.105. The van der Waals surface area contributed by atoms with Gasteiger partial charge in [-0.2, -0.15) is 10.5 Å². The van der Waals surface area contributed by atoms with E-state index in [0.29, 0.717) is 11.5 Å².